The van der Waals surface area contributed by atoms with Crippen molar-refractivity contribution in [2.24, 2.45) is 0 Å². The molecule has 0 bridgehead atoms. The van der Waals surface area contributed by atoms with Gasteiger partial charge in [0.1, 0.15) is 47.4 Å². The normalized spacial score (nSPS) is 24.5. The largest absolute Gasteiger partial charge is 0.416 e. The molecule has 0 radical (unpaired) electrons. The molecule has 1 fully saturated rings. The number of halogens is 4. The van der Waals surface area contributed by atoms with Crippen LogP contribution in [0.4, 0.5) is 17.6 Å². The molecule has 1 unspecified atom stereocenters. The van der Waals surface area contributed by atoms with Crippen LogP contribution < -0.4 is 0 Å². The summed E-state index contributed by atoms with van der Waals surface area (Å²) >= 11 is 0.707. The first-order chi connectivity index (χ1) is 18.8. The Morgan fingerprint density at radius 1 is 1.15 bits per heavy atom. The van der Waals surface area contributed by atoms with Crippen molar-refractivity contribution >= 4 is 11.8 Å². The average molecular weight is 583 g/mol. The van der Waals surface area contributed by atoms with E-state index in [-0.39, 0.29) is 22.4 Å². The van der Waals surface area contributed by atoms with Gasteiger partial charge in [-0.3, -0.25) is 0 Å². The van der Waals surface area contributed by atoms with Gasteiger partial charge < -0.3 is 25.2 Å². The number of aliphatic hydroxyl groups excluding tert-OH is 3. The second-order valence-electron chi connectivity index (χ2n) is 9.84. The number of nitriles is 1. The molecule has 1 aromatic heterocycles. The third kappa shape index (κ3) is 5.99. The van der Waals surface area contributed by atoms with Gasteiger partial charge in [0.05, 0.1) is 34.8 Å². The van der Waals surface area contributed by atoms with Gasteiger partial charge in [-0.25, -0.2) is 9.07 Å². The summed E-state index contributed by atoms with van der Waals surface area (Å²) in [4.78, 5) is 0. The third-order valence-electron chi connectivity index (χ3n) is 6.51. The summed E-state index contributed by atoms with van der Waals surface area (Å²) in [7, 11) is 0. The predicted molar refractivity (Wildman–Crippen MR) is 135 cm³/mol. The molecule has 2 aromatic carbocycles. The van der Waals surface area contributed by atoms with Gasteiger partial charge in [0.25, 0.3) is 0 Å². The van der Waals surface area contributed by atoms with E-state index in [1.54, 1.807) is 6.07 Å². The van der Waals surface area contributed by atoms with Crippen molar-refractivity contribution in [2.75, 3.05) is 6.61 Å². The minimum absolute atomic E-state index is 0.146. The zero-order valence-corrected chi connectivity index (χ0v) is 22.0. The molecule has 14 heteroatoms. The van der Waals surface area contributed by atoms with Crippen LogP contribution in [0.3, 0.4) is 0 Å². The number of hydrogen-bond acceptors (Lipinski definition) is 9. The molecule has 2 heterocycles. The Morgan fingerprint density at radius 2 is 1.85 bits per heavy atom. The number of benzene rings is 2. The Hall–Kier alpha value is -3.06. The second-order valence-corrected chi connectivity index (χ2v) is 11.1. The monoisotopic (exact) mass is 582 g/mol. The first-order valence-electron chi connectivity index (χ1n) is 12.0. The number of aromatic nitrogens is 3. The number of nitrogens with zero attached hydrogens (tertiary/aromatic N) is 4. The molecule has 0 aliphatic carbocycles. The van der Waals surface area contributed by atoms with Crippen LogP contribution in [-0.2, 0) is 10.9 Å². The molecular weight excluding hydrogens is 556 g/mol. The first-order valence-corrected chi connectivity index (χ1v) is 13.0. The van der Waals surface area contributed by atoms with E-state index < -0.39 is 64.8 Å². The second kappa shape index (κ2) is 11.4. The van der Waals surface area contributed by atoms with E-state index in [1.165, 1.54) is 50.4 Å². The molecule has 1 saturated heterocycles. The molecule has 40 heavy (non-hydrogen) atoms. The minimum atomic E-state index is -4.72. The first kappa shape index (κ1) is 29.9. The Labute approximate surface area is 230 Å². The molecule has 6 atom stereocenters. The van der Waals surface area contributed by atoms with Crippen LogP contribution in [0, 0.1) is 17.1 Å². The summed E-state index contributed by atoms with van der Waals surface area (Å²) < 4.78 is 62.4. The van der Waals surface area contributed by atoms with Gasteiger partial charge in [-0.2, -0.15) is 18.4 Å². The molecule has 4 rings (SSSR count). The summed E-state index contributed by atoms with van der Waals surface area (Å²) in [5.41, 5.74) is -4.03. The third-order valence-corrected chi connectivity index (χ3v) is 8.27. The van der Waals surface area contributed by atoms with Crippen molar-refractivity contribution in [1.82, 2.24) is 15.0 Å². The Bertz CT molecular complexity index is 1390. The highest BCUT2D eigenvalue weighted by molar-refractivity contribution is 8.00. The van der Waals surface area contributed by atoms with Crippen LogP contribution in [0.25, 0.3) is 11.3 Å². The van der Waals surface area contributed by atoms with Gasteiger partial charge in [-0.1, -0.05) is 29.5 Å². The summed E-state index contributed by atoms with van der Waals surface area (Å²) in [5, 5.41) is 58.5. The maximum atomic E-state index is 14.1. The van der Waals surface area contributed by atoms with Gasteiger partial charge in [0, 0.05) is 5.56 Å². The van der Waals surface area contributed by atoms with Crippen molar-refractivity contribution in [1.29, 1.82) is 5.26 Å². The van der Waals surface area contributed by atoms with E-state index in [9.17, 15) is 38.0 Å². The van der Waals surface area contributed by atoms with Gasteiger partial charge >= 0.3 is 6.18 Å². The lowest BCUT2D eigenvalue weighted by Gasteiger charge is -2.44. The Balaban J connectivity index is 1.69. The van der Waals surface area contributed by atoms with E-state index in [0.717, 1.165) is 16.8 Å². The van der Waals surface area contributed by atoms with Crippen LogP contribution >= 0.6 is 11.8 Å². The highest BCUT2D eigenvalue weighted by Crippen LogP contribution is 2.48. The molecule has 0 spiro atoms. The fraction of sp³-hybridized carbons (Fsp3) is 0.423. The number of aliphatic hydroxyl groups is 4. The number of ether oxygens (including phenoxy) is 1. The Morgan fingerprint density at radius 3 is 2.45 bits per heavy atom. The fourth-order valence-electron chi connectivity index (χ4n) is 4.55. The van der Waals surface area contributed by atoms with E-state index in [0.29, 0.717) is 11.8 Å². The molecule has 0 amide bonds. The van der Waals surface area contributed by atoms with Gasteiger partial charge in [0.15, 0.2) is 0 Å². The van der Waals surface area contributed by atoms with Gasteiger partial charge in [-0.05, 0) is 37.6 Å². The van der Waals surface area contributed by atoms with E-state index in [2.05, 4.69) is 10.3 Å². The number of rotatable bonds is 7. The zero-order chi connectivity index (χ0) is 29.4. The van der Waals surface area contributed by atoms with Crippen LogP contribution in [0.5, 0.6) is 0 Å². The molecule has 214 valence electrons. The van der Waals surface area contributed by atoms with Crippen LogP contribution in [0.2, 0.25) is 0 Å². The van der Waals surface area contributed by atoms with Crippen LogP contribution in [0.1, 0.15) is 41.8 Å². The van der Waals surface area contributed by atoms with Crippen LogP contribution in [0.15, 0.2) is 48.7 Å². The quantitative estimate of drug-likeness (QED) is 0.309. The minimum Gasteiger partial charge on any atom is -0.394 e. The topological polar surface area (TPSA) is 145 Å². The van der Waals surface area contributed by atoms with Crippen molar-refractivity contribution in [3.05, 3.63) is 71.2 Å². The summed E-state index contributed by atoms with van der Waals surface area (Å²) in [5.74, 6) is -0.783. The molecule has 1 aliphatic heterocycles. The highest BCUT2D eigenvalue weighted by atomic mass is 32.2. The van der Waals surface area contributed by atoms with Crippen molar-refractivity contribution in [2.45, 2.75) is 60.7 Å². The van der Waals surface area contributed by atoms with E-state index in [1.807, 2.05) is 0 Å². The molecule has 9 nitrogen and oxygen atoms in total. The smallest absolute Gasteiger partial charge is 0.394 e. The molecular formula is C26H26F4N4O5S. The molecule has 3 aromatic rings. The van der Waals surface area contributed by atoms with Crippen molar-refractivity contribution < 1.29 is 42.7 Å². The standard InChI is InChI=1S/C26H26F4N4O5S/c1-25(2,38)23(15-5-3-4-6-16(15)26(28,29)30)40-24-22(37)20(21(36)19(12-35)39-24)34-11-18(32-33-34)13-7-8-14(10-31)17(27)9-13/h3-9,11,19-24,35-38H,12H2,1-2H3/t19-,20+,21+,22-,23?,24+/m1/s1. The van der Waals surface area contributed by atoms with E-state index in [4.69, 9.17) is 10.00 Å². The van der Waals surface area contributed by atoms with E-state index >= 15 is 0 Å². The molecule has 0 saturated carbocycles. The lowest BCUT2D eigenvalue weighted by molar-refractivity contribution is -0.179. The summed E-state index contributed by atoms with van der Waals surface area (Å²) in [6.07, 6.45) is -7.80. The fourth-order valence-corrected chi connectivity index (χ4v) is 6.03. The highest BCUT2D eigenvalue weighted by Gasteiger charge is 2.49. The number of hydrogen-bond donors (Lipinski definition) is 4. The maximum absolute atomic E-state index is 14.1. The van der Waals surface area contributed by atoms with Gasteiger partial charge in [0.2, 0.25) is 0 Å². The zero-order valence-electron chi connectivity index (χ0n) is 21.2. The number of thioether (sulfide) groups is 1. The lowest BCUT2D eigenvalue weighted by Crippen LogP contribution is -2.55. The van der Waals surface area contributed by atoms with Gasteiger partial charge in [-0.15, -0.1) is 16.9 Å². The SMILES string of the molecule is CC(C)(O)C(S[C@@H]1O[C@H](CO)[C@H](O)[C@H](n2cc(-c3ccc(C#N)c(F)c3)nn2)[C@H]1O)c1ccccc1C(F)(F)F. The molecule has 4 N–H and O–H groups in total. The summed E-state index contributed by atoms with van der Waals surface area (Å²) in [6, 6.07) is 8.92. The molecule has 1 aliphatic rings. The summed E-state index contributed by atoms with van der Waals surface area (Å²) in [6.45, 7) is 1.95. The van der Waals surface area contributed by atoms with Crippen LogP contribution in [-0.4, -0.2) is 71.4 Å². The van der Waals surface area contributed by atoms with Crippen molar-refractivity contribution in [3.8, 4) is 17.3 Å². The average Bonchev–Trinajstić information content (AvgIpc) is 3.37. The Kier molecular flexibility index (Phi) is 8.55. The predicted octanol–water partition coefficient (Wildman–Crippen LogP) is 3.20. The lowest BCUT2D eigenvalue weighted by atomic mass is 9.94. The number of alkyl halides is 3. The maximum Gasteiger partial charge on any atom is 0.416 e. The van der Waals surface area contributed by atoms with Crippen molar-refractivity contribution in [3.63, 3.8) is 0 Å².